The standard InChI is InChI=1S/C18H21NO5/c1-5-8-19-13-9-11(6-2)14(23-4)10-12(13)16(20)15(17(19)21)18(22)24-7-3/h5,9-10,20H,1,6-8H2,2-4H3. The highest BCUT2D eigenvalue weighted by Gasteiger charge is 2.24. The number of allylic oxidation sites excluding steroid dienone is 1. The Morgan fingerprint density at radius 1 is 1.38 bits per heavy atom. The molecule has 2 aromatic rings. The van der Waals surface area contributed by atoms with Crippen LogP contribution in [0.2, 0.25) is 0 Å². The first-order valence-electron chi connectivity index (χ1n) is 7.74. The number of methoxy groups -OCH3 is 1. The smallest absolute Gasteiger partial charge is 0.347 e. The number of benzene rings is 1. The summed E-state index contributed by atoms with van der Waals surface area (Å²) >= 11 is 0. The molecule has 0 atom stereocenters. The normalized spacial score (nSPS) is 10.6. The van der Waals surface area contributed by atoms with Gasteiger partial charge >= 0.3 is 5.97 Å². The van der Waals surface area contributed by atoms with Gasteiger partial charge in [-0.15, -0.1) is 6.58 Å². The van der Waals surface area contributed by atoms with Crippen LogP contribution in [0.15, 0.2) is 29.6 Å². The summed E-state index contributed by atoms with van der Waals surface area (Å²) in [4.78, 5) is 24.8. The zero-order valence-corrected chi connectivity index (χ0v) is 14.1. The molecule has 0 aliphatic carbocycles. The SMILES string of the molecule is C=CCn1c(=O)c(C(=O)OCC)c(O)c2cc(OC)c(CC)cc21. The molecule has 2 rings (SSSR count). The van der Waals surface area contributed by atoms with Crippen LogP contribution in [0.4, 0.5) is 0 Å². The van der Waals surface area contributed by atoms with E-state index in [0.29, 0.717) is 23.1 Å². The zero-order valence-electron chi connectivity index (χ0n) is 14.1. The van der Waals surface area contributed by atoms with Crippen molar-refractivity contribution < 1.29 is 19.4 Å². The molecule has 0 amide bonds. The topological polar surface area (TPSA) is 77.8 Å². The first-order valence-corrected chi connectivity index (χ1v) is 7.74. The lowest BCUT2D eigenvalue weighted by Crippen LogP contribution is -2.27. The number of aromatic nitrogens is 1. The number of aromatic hydroxyl groups is 1. The van der Waals surface area contributed by atoms with Gasteiger partial charge in [0.15, 0.2) is 5.56 Å². The monoisotopic (exact) mass is 331 g/mol. The van der Waals surface area contributed by atoms with E-state index in [-0.39, 0.29) is 18.7 Å². The number of esters is 1. The first kappa shape index (κ1) is 17.6. The van der Waals surface area contributed by atoms with Crippen LogP contribution in [0.5, 0.6) is 11.5 Å². The number of fused-ring (bicyclic) bond motifs is 1. The van der Waals surface area contributed by atoms with E-state index in [1.54, 1.807) is 25.1 Å². The molecule has 0 bridgehead atoms. The van der Waals surface area contributed by atoms with Crippen molar-refractivity contribution in [3.05, 3.63) is 46.3 Å². The van der Waals surface area contributed by atoms with E-state index in [0.717, 1.165) is 5.56 Å². The lowest BCUT2D eigenvalue weighted by Gasteiger charge is -2.16. The van der Waals surface area contributed by atoms with E-state index < -0.39 is 17.3 Å². The Morgan fingerprint density at radius 2 is 2.08 bits per heavy atom. The Morgan fingerprint density at radius 3 is 2.62 bits per heavy atom. The molecule has 1 heterocycles. The average molecular weight is 331 g/mol. The molecular weight excluding hydrogens is 310 g/mol. The van der Waals surface area contributed by atoms with Crippen molar-refractivity contribution in [1.82, 2.24) is 4.57 Å². The van der Waals surface area contributed by atoms with Gasteiger partial charge in [0.25, 0.3) is 5.56 Å². The third kappa shape index (κ3) is 2.87. The third-order valence-electron chi connectivity index (χ3n) is 3.81. The average Bonchev–Trinajstić information content (AvgIpc) is 2.57. The van der Waals surface area contributed by atoms with E-state index in [1.165, 1.54) is 11.7 Å². The molecule has 1 aromatic heterocycles. The molecule has 24 heavy (non-hydrogen) atoms. The van der Waals surface area contributed by atoms with Crippen LogP contribution in [-0.4, -0.2) is 29.4 Å². The van der Waals surface area contributed by atoms with Crippen molar-refractivity contribution in [3.63, 3.8) is 0 Å². The summed E-state index contributed by atoms with van der Waals surface area (Å²) in [6.45, 7) is 7.56. The number of hydrogen-bond acceptors (Lipinski definition) is 5. The summed E-state index contributed by atoms with van der Waals surface area (Å²) < 4.78 is 11.6. The molecule has 0 radical (unpaired) electrons. The maximum atomic E-state index is 12.7. The minimum atomic E-state index is -0.849. The fraction of sp³-hybridized carbons (Fsp3) is 0.333. The van der Waals surface area contributed by atoms with Gasteiger partial charge in [-0.05, 0) is 31.0 Å². The Hall–Kier alpha value is -2.76. The summed E-state index contributed by atoms with van der Waals surface area (Å²) in [7, 11) is 1.53. The summed E-state index contributed by atoms with van der Waals surface area (Å²) in [5, 5.41) is 10.9. The summed E-state index contributed by atoms with van der Waals surface area (Å²) in [5.74, 6) is -0.660. The van der Waals surface area contributed by atoms with E-state index in [9.17, 15) is 14.7 Å². The van der Waals surface area contributed by atoms with Crippen molar-refractivity contribution in [3.8, 4) is 11.5 Å². The van der Waals surface area contributed by atoms with Crippen LogP contribution >= 0.6 is 0 Å². The molecule has 0 saturated carbocycles. The summed E-state index contributed by atoms with van der Waals surface area (Å²) in [5.41, 5.74) is 0.427. The molecule has 0 aliphatic rings. The molecule has 0 aliphatic heterocycles. The minimum absolute atomic E-state index is 0.106. The van der Waals surface area contributed by atoms with Gasteiger partial charge in [0.05, 0.1) is 19.2 Å². The fourth-order valence-corrected chi connectivity index (χ4v) is 2.67. The Labute approximate surface area is 139 Å². The number of carbonyl (C=O) groups is 1. The quantitative estimate of drug-likeness (QED) is 0.650. The van der Waals surface area contributed by atoms with Crippen molar-refractivity contribution in [2.45, 2.75) is 26.8 Å². The second kappa shape index (κ2) is 7.21. The van der Waals surface area contributed by atoms with Crippen molar-refractivity contribution in [2.24, 2.45) is 0 Å². The number of ether oxygens (including phenoxy) is 2. The third-order valence-corrected chi connectivity index (χ3v) is 3.81. The summed E-state index contributed by atoms with van der Waals surface area (Å²) in [6.07, 6.45) is 2.25. The predicted molar refractivity (Wildman–Crippen MR) is 92.0 cm³/mol. The van der Waals surface area contributed by atoms with Gasteiger partial charge in [-0.2, -0.15) is 0 Å². The number of pyridine rings is 1. The van der Waals surface area contributed by atoms with E-state index in [4.69, 9.17) is 9.47 Å². The van der Waals surface area contributed by atoms with Gasteiger partial charge in [0.2, 0.25) is 0 Å². The van der Waals surface area contributed by atoms with Crippen LogP contribution in [0.3, 0.4) is 0 Å². The van der Waals surface area contributed by atoms with Crippen molar-refractivity contribution >= 4 is 16.9 Å². The second-order valence-electron chi connectivity index (χ2n) is 5.18. The molecule has 0 fully saturated rings. The highest BCUT2D eigenvalue weighted by molar-refractivity contribution is 6.00. The highest BCUT2D eigenvalue weighted by atomic mass is 16.5. The predicted octanol–water partition coefficient (Wildman–Crippen LogP) is 2.64. The van der Waals surface area contributed by atoms with Crippen molar-refractivity contribution in [1.29, 1.82) is 0 Å². The van der Waals surface area contributed by atoms with Gasteiger partial charge in [-0.1, -0.05) is 13.0 Å². The van der Waals surface area contributed by atoms with Gasteiger partial charge in [-0.25, -0.2) is 4.79 Å². The fourth-order valence-electron chi connectivity index (χ4n) is 2.67. The highest BCUT2D eigenvalue weighted by Crippen LogP contribution is 2.33. The maximum Gasteiger partial charge on any atom is 0.347 e. The van der Waals surface area contributed by atoms with Gasteiger partial charge < -0.3 is 19.1 Å². The van der Waals surface area contributed by atoms with E-state index in [1.807, 2.05) is 6.92 Å². The number of carbonyl (C=O) groups excluding carboxylic acids is 1. The largest absolute Gasteiger partial charge is 0.506 e. The van der Waals surface area contributed by atoms with Gasteiger partial charge in [0.1, 0.15) is 11.5 Å². The Balaban J connectivity index is 2.94. The van der Waals surface area contributed by atoms with Gasteiger partial charge in [0, 0.05) is 11.9 Å². The Bertz CT molecular complexity index is 851. The van der Waals surface area contributed by atoms with Crippen LogP contribution in [0.25, 0.3) is 10.9 Å². The molecule has 0 spiro atoms. The second-order valence-corrected chi connectivity index (χ2v) is 5.18. The molecule has 1 N–H and O–H groups in total. The molecular formula is C18H21NO5. The zero-order chi connectivity index (χ0) is 17.9. The number of nitrogens with zero attached hydrogens (tertiary/aromatic N) is 1. The molecule has 1 aromatic carbocycles. The Kier molecular flexibility index (Phi) is 5.28. The summed E-state index contributed by atoms with van der Waals surface area (Å²) in [6, 6.07) is 3.42. The van der Waals surface area contributed by atoms with Gasteiger partial charge in [-0.3, -0.25) is 4.79 Å². The molecule has 6 heteroatoms. The lowest BCUT2D eigenvalue weighted by molar-refractivity contribution is 0.0520. The minimum Gasteiger partial charge on any atom is -0.506 e. The number of hydrogen-bond donors (Lipinski definition) is 1. The number of aryl methyl sites for hydroxylation is 1. The van der Waals surface area contributed by atoms with E-state index in [2.05, 4.69) is 6.58 Å². The van der Waals surface area contributed by atoms with E-state index >= 15 is 0 Å². The molecule has 0 saturated heterocycles. The van der Waals surface area contributed by atoms with Crippen LogP contribution in [-0.2, 0) is 17.7 Å². The molecule has 128 valence electrons. The van der Waals surface area contributed by atoms with Crippen LogP contribution < -0.4 is 10.3 Å². The number of rotatable bonds is 6. The molecule has 6 nitrogen and oxygen atoms in total. The van der Waals surface area contributed by atoms with Crippen molar-refractivity contribution in [2.75, 3.05) is 13.7 Å². The molecule has 0 unspecified atom stereocenters. The van der Waals surface area contributed by atoms with Crippen LogP contribution in [0.1, 0.15) is 29.8 Å². The lowest BCUT2D eigenvalue weighted by atomic mass is 10.0. The van der Waals surface area contributed by atoms with Crippen LogP contribution in [0, 0.1) is 0 Å². The first-order chi connectivity index (χ1) is 11.5. The maximum absolute atomic E-state index is 12.7.